The first-order valence-electron chi connectivity index (χ1n) is 8.13. The number of aliphatic hydroxyl groups is 3. The molecule has 23 heavy (non-hydrogen) atoms. The van der Waals surface area contributed by atoms with Gasteiger partial charge in [-0.2, -0.15) is 0 Å². The second kappa shape index (κ2) is 9.82. The molecule has 1 fully saturated rings. The molecule has 1 rings (SSSR count). The van der Waals surface area contributed by atoms with Gasteiger partial charge in [0.05, 0.1) is 18.8 Å². The van der Waals surface area contributed by atoms with Crippen LogP contribution in [0.1, 0.15) is 33.1 Å². The molecule has 0 spiro atoms. The van der Waals surface area contributed by atoms with E-state index in [0.29, 0.717) is 26.1 Å². The molecule has 0 bridgehead atoms. The monoisotopic (exact) mass is 331 g/mol. The zero-order valence-electron chi connectivity index (χ0n) is 13.9. The fourth-order valence-corrected chi connectivity index (χ4v) is 2.70. The fraction of sp³-hybridized carbons (Fsp3) is 0.867. The summed E-state index contributed by atoms with van der Waals surface area (Å²) in [6.45, 7) is 4.69. The molecule has 0 saturated carbocycles. The second-order valence-electron chi connectivity index (χ2n) is 6.26. The van der Waals surface area contributed by atoms with Crippen LogP contribution in [-0.2, 0) is 9.59 Å². The predicted molar refractivity (Wildman–Crippen MR) is 84.6 cm³/mol. The van der Waals surface area contributed by atoms with Crippen molar-refractivity contribution >= 4 is 11.8 Å². The van der Waals surface area contributed by atoms with Crippen molar-refractivity contribution < 1.29 is 24.9 Å². The van der Waals surface area contributed by atoms with E-state index in [1.165, 1.54) is 0 Å². The van der Waals surface area contributed by atoms with E-state index in [1.54, 1.807) is 13.8 Å². The number of unbranched alkanes of at least 4 members (excludes halogenated alkanes) is 1. The molecular formula is C15H29N3O5. The molecule has 1 saturated heterocycles. The topological polar surface area (TPSA) is 122 Å². The van der Waals surface area contributed by atoms with Gasteiger partial charge in [0.25, 0.3) is 0 Å². The Kier molecular flexibility index (Phi) is 8.46. The molecule has 0 radical (unpaired) electrons. The summed E-state index contributed by atoms with van der Waals surface area (Å²) in [5.41, 5.74) is 0. The van der Waals surface area contributed by atoms with Gasteiger partial charge in [-0.3, -0.25) is 14.5 Å². The number of aliphatic hydroxyl groups excluding tert-OH is 3. The van der Waals surface area contributed by atoms with Crippen molar-refractivity contribution in [1.29, 1.82) is 0 Å². The van der Waals surface area contributed by atoms with Gasteiger partial charge in [0, 0.05) is 13.1 Å². The normalized spacial score (nSPS) is 24.3. The fourth-order valence-electron chi connectivity index (χ4n) is 2.70. The number of piperazine rings is 1. The maximum absolute atomic E-state index is 11.8. The predicted octanol–water partition coefficient (Wildman–Crippen LogP) is -1.80. The first kappa shape index (κ1) is 19.8. The molecule has 8 heteroatoms. The third-order valence-corrected chi connectivity index (χ3v) is 3.71. The van der Waals surface area contributed by atoms with Crippen molar-refractivity contribution in [2.75, 3.05) is 26.2 Å². The number of carbonyl (C=O) groups excluding carboxylic acids is 2. The SMILES string of the molecule is CC(O)CN(CCCCC1NC(=O)C(CO)NC1=O)CC(C)O. The van der Waals surface area contributed by atoms with Crippen LogP contribution in [0.15, 0.2) is 0 Å². The average Bonchev–Trinajstić information content (AvgIpc) is 2.45. The lowest BCUT2D eigenvalue weighted by molar-refractivity contribution is -0.137. The Hall–Kier alpha value is -1.22. The highest BCUT2D eigenvalue weighted by molar-refractivity contribution is 5.96. The number of amides is 2. The molecular weight excluding hydrogens is 302 g/mol. The highest BCUT2D eigenvalue weighted by Crippen LogP contribution is 2.08. The van der Waals surface area contributed by atoms with Crippen LogP contribution in [0.5, 0.6) is 0 Å². The van der Waals surface area contributed by atoms with Crippen LogP contribution in [0.25, 0.3) is 0 Å². The molecule has 5 N–H and O–H groups in total. The van der Waals surface area contributed by atoms with E-state index in [4.69, 9.17) is 5.11 Å². The minimum atomic E-state index is -0.855. The van der Waals surface area contributed by atoms with Crippen LogP contribution >= 0.6 is 0 Å². The van der Waals surface area contributed by atoms with Crippen LogP contribution in [0.3, 0.4) is 0 Å². The van der Waals surface area contributed by atoms with Gasteiger partial charge in [0.15, 0.2) is 0 Å². The molecule has 4 unspecified atom stereocenters. The van der Waals surface area contributed by atoms with E-state index in [9.17, 15) is 19.8 Å². The maximum atomic E-state index is 11.8. The quantitative estimate of drug-likeness (QED) is 0.301. The highest BCUT2D eigenvalue weighted by atomic mass is 16.3. The highest BCUT2D eigenvalue weighted by Gasteiger charge is 2.32. The van der Waals surface area contributed by atoms with Crippen LogP contribution < -0.4 is 10.6 Å². The zero-order valence-corrected chi connectivity index (χ0v) is 13.9. The molecule has 0 aromatic carbocycles. The van der Waals surface area contributed by atoms with Crippen LogP contribution in [0.4, 0.5) is 0 Å². The Morgan fingerprint density at radius 1 is 1.00 bits per heavy atom. The zero-order chi connectivity index (χ0) is 17.4. The van der Waals surface area contributed by atoms with Gasteiger partial charge in [0.2, 0.25) is 11.8 Å². The van der Waals surface area contributed by atoms with Gasteiger partial charge < -0.3 is 26.0 Å². The summed E-state index contributed by atoms with van der Waals surface area (Å²) in [5.74, 6) is -0.629. The standard InChI is InChI=1S/C15H29N3O5/c1-10(20)7-18(8-11(2)21)6-4-3-5-12-14(22)17-13(9-19)15(23)16-12/h10-13,19-21H,3-9H2,1-2H3,(H,16,23)(H,17,22). The summed E-state index contributed by atoms with van der Waals surface area (Å²) in [4.78, 5) is 25.4. The minimum absolute atomic E-state index is 0.270. The van der Waals surface area contributed by atoms with E-state index in [2.05, 4.69) is 10.6 Å². The summed E-state index contributed by atoms with van der Waals surface area (Å²) >= 11 is 0. The summed E-state index contributed by atoms with van der Waals surface area (Å²) in [6, 6.07) is -1.42. The molecule has 0 aromatic heterocycles. The third kappa shape index (κ3) is 7.26. The Labute approximate surface area is 136 Å². The Bertz CT molecular complexity index is 379. The number of hydrogen-bond donors (Lipinski definition) is 5. The van der Waals surface area contributed by atoms with Crippen molar-refractivity contribution in [3.05, 3.63) is 0 Å². The smallest absolute Gasteiger partial charge is 0.245 e. The maximum Gasteiger partial charge on any atom is 0.245 e. The second-order valence-corrected chi connectivity index (χ2v) is 6.26. The van der Waals surface area contributed by atoms with E-state index in [-0.39, 0.29) is 11.8 Å². The third-order valence-electron chi connectivity index (χ3n) is 3.71. The van der Waals surface area contributed by atoms with Gasteiger partial charge >= 0.3 is 0 Å². The van der Waals surface area contributed by atoms with Crippen molar-refractivity contribution in [3.8, 4) is 0 Å². The summed E-state index contributed by atoms with van der Waals surface area (Å²) in [7, 11) is 0. The number of nitrogens with zero attached hydrogens (tertiary/aromatic N) is 1. The molecule has 0 aliphatic carbocycles. The average molecular weight is 331 g/mol. The van der Waals surface area contributed by atoms with Crippen molar-refractivity contribution in [1.82, 2.24) is 15.5 Å². The molecule has 8 nitrogen and oxygen atoms in total. The molecule has 4 atom stereocenters. The van der Waals surface area contributed by atoms with Crippen LogP contribution in [-0.4, -0.2) is 82.6 Å². The van der Waals surface area contributed by atoms with E-state index >= 15 is 0 Å². The molecule has 1 aliphatic rings. The summed E-state index contributed by atoms with van der Waals surface area (Å²) in [6.07, 6.45) is 1.12. The first-order chi connectivity index (χ1) is 10.8. The molecule has 134 valence electrons. The lowest BCUT2D eigenvalue weighted by Gasteiger charge is -2.29. The Morgan fingerprint density at radius 2 is 1.52 bits per heavy atom. The summed E-state index contributed by atoms with van der Waals surface area (Å²) in [5, 5.41) is 33.0. The molecule has 2 amide bonds. The summed E-state index contributed by atoms with van der Waals surface area (Å²) < 4.78 is 0. The Morgan fingerprint density at radius 3 is 2.04 bits per heavy atom. The van der Waals surface area contributed by atoms with Gasteiger partial charge in [-0.15, -0.1) is 0 Å². The number of rotatable bonds is 10. The van der Waals surface area contributed by atoms with Crippen LogP contribution in [0, 0.1) is 0 Å². The van der Waals surface area contributed by atoms with Gasteiger partial charge in [-0.1, -0.05) is 0 Å². The van der Waals surface area contributed by atoms with E-state index in [0.717, 1.165) is 12.8 Å². The first-order valence-corrected chi connectivity index (χ1v) is 8.13. The molecule has 0 aromatic rings. The van der Waals surface area contributed by atoms with Crippen LogP contribution in [0.2, 0.25) is 0 Å². The molecule has 1 heterocycles. The van der Waals surface area contributed by atoms with Crippen molar-refractivity contribution in [2.24, 2.45) is 0 Å². The Balaban J connectivity index is 2.32. The van der Waals surface area contributed by atoms with E-state index < -0.39 is 30.9 Å². The van der Waals surface area contributed by atoms with Gasteiger partial charge in [-0.05, 0) is 39.7 Å². The lowest BCUT2D eigenvalue weighted by atomic mass is 10.0. The van der Waals surface area contributed by atoms with Crippen molar-refractivity contribution in [2.45, 2.75) is 57.4 Å². The largest absolute Gasteiger partial charge is 0.394 e. The molecule has 1 aliphatic heterocycles. The van der Waals surface area contributed by atoms with Crippen molar-refractivity contribution in [3.63, 3.8) is 0 Å². The van der Waals surface area contributed by atoms with E-state index in [1.807, 2.05) is 4.90 Å². The number of carbonyl (C=O) groups is 2. The number of hydrogen-bond acceptors (Lipinski definition) is 6. The van der Waals surface area contributed by atoms with Gasteiger partial charge in [-0.25, -0.2) is 0 Å². The minimum Gasteiger partial charge on any atom is -0.394 e. The lowest BCUT2D eigenvalue weighted by Crippen LogP contribution is -2.62. The number of nitrogens with one attached hydrogen (secondary N) is 2. The van der Waals surface area contributed by atoms with Gasteiger partial charge in [0.1, 0.15) is 12.1 Å².